The van der Waals surface area contributed by atoms with Crippen LogP contribution < -0.4 is 10.6 Å². The lowest BCUT2D eigenvalue weighted by Gasteiger charge is -2.21. The molecule has 2 N–H and O–H groups in total. The van der Waals surface area contributed by atoms with Crippen LogP contribution in [0.3, 0.4) is 0 Å². The monoisotopic (exact) mass is 212 g/mol. The molecular formula is C12H24N2O. The molecule has 0 bridgehead atoms. The maximum atomic E-state index is 11.9. The Kier molecular flexibility index (Phi) is 5.09. The molecule has 15 heavy (non-hydrogen) atoms. The van der Waals surface area contributed by atoms with Crippen molar-refractivity contribution in [1.29, 1.82) is 0 Å². The smallest absolute Gasteiger partial charge is 0.237 e. The molecule has 1 heterocycles. The van der Waals surface area contributed by atoms with Gasteiger partial charge in [-0.25, -0.2) is 0 Å². The molecule has 1 aliphatic rings. The molecule has 1 amide bonds. The van der Waals surface area contributed by atoms with Crippen molar-refractivity contribution in [2.24, 2.45) is 5.92 Å². The number of hydrogen-bond donors (Lipinski definition) is 2. The van der Waals surface area contributed by atoms with Gasteiger partial charge in [-0.15, -0.1) is 0 Å². The van der Waals surface area contributed by atoms with Gasteiger partial charge in [0.05, 0.1) is 6.04 Å². The summed E-state index contributed by atoms with van der Waals surface area (Å²) < 4.78 is 0. The Hall–Kier alpha value is -0.570. The van der Waals surface area contributed by atoms with Crippen LogP contribution in [0.15, 0.2) is 0 Å². The summed E-state index contributed by atoms with van der Waals surface area (Å²) in [4.78, 5) is 11.9. The molecule has 0 aliphatic carbocycles. The molecule has 0 aromatic rings. The molecule has 3 unspecified atom stereocenters. The van der Waals surface area contributed by atoms with E-state index in [0.29, 0.717) is 12.0 Å². The van der Waals surface area contributed by atoms with Crippen LogP contribution in [0, 0.1) is 5.92 Å². The highest BCUT2D eigenvalue weighted by Gasteiger charge is 2.29. The van der Waals surface area contributed by atoms with Gasteiger partial charge >= 0.3 is 0 Å². The summed E-state index contributed by atoms with van der Waals surface area (Å²) in [7, 11) is 0. The molecular weight excluding hydrogens is 188 g/mol. The van der Waals surface area contributed by atoms with Crippen LogP contribution in [-0.2, 0) is 4.79 Å². The van der Waals surface area contributed by atoms with Gasteiger partial charge < -0.3 is 10.6 Å². The summed E-state index contributed by atoms with van der Waals surface area (Å²) >= 11 is 0. The lowest BCUT2D eigenvalue weighted by atomic mass is 10.0. The van der Waals surface area contributed by atoms with Crippen LogP contribution in [0.2, 0.25) is 0 Å². The SMILES string of the molecule is CCCC(CC)NC(=O)C1NCCC1C. The van der Waals surface area contributed by atoms with E-state index in [-0.39, 0.29) is 11.9 Å². The summed E-state index contributed by atoms with van der Waals surface area (Å²) in [6.07, 6.45) is 4.36. The van der Waals surface area contributed by atoms with Gasteiger partial charge in [0, 0.05) is 6.04 Å². The van der Waals surface area contributed by atoms with Crippen molar-refractivity contribution >= 4 is 5.91 Å². The van der Waals surface area contributed by atoms with Crippen LogP contribution in [0.1, 0.15) is 46.5 Å². The second kappa shape index (κ2) is 6.11. The van der Waals surface area contributed by atoms with Crippen molar-refractivity contribution in [3.8, 4) is 0 Å². The Morgan fingerprint density at radius 1 is 1.53 bits per heavy atom. The van der Waals surface area contributed by atoms with Crippen molar-refractivity contribution in [2.45, 2.75) is 58.5 Å². The van der Waals surface area contributed by atoms with Gasteiger partial charge in [0.2, 0.25) is 5.91 Å². The van der Waals surface area contributed by atoms with E-state index in [1.165, 1.54) is 0 Å². The van der Waals surface area contributed by atoms with Gasteiger partial charge in [-0.3, -0.25) is 4.79 Å². The number of nitrogens with one attached hydrogen (secondary N) is 2. The van der Waals surface area contributed by atoms with Gasteiger partial charge in [0.1, 0.15) is 0 Å². The summed E-state index contributed by atoms with van der Waals surface area (Å²) in [6, 6.07) is 0.396. The van der Waals surface area contributed by atoms with Gasteiger partial charge in [-0.2, -0.15) is 0 Å². The van der Waals surface area contributed by atoms with Gasteiger partial charge in [-0.1, -0.05) is 27.2 Å². The Labute approximate surface area is 93.0 Å². The Balaban J connectivity index is 2.39. The van der Waals surface area contributed by atoms with E-state index < -0.39 is 0 Å². The normalized spacial score (nSPS) is 27.7. The predicted molar refractivity (Wildman–Crippen MR) is 62.7 cm³/mol. The second-order valence-corrected chi connectivity index (χ2v) is 4.60. The lowest BCUT2D eigenvalue weighted by Crippen LogP contribution is -2.47. The fraction of sp³-hybridized carbons (Fsp3) is 0.917. The third kappa shape index (κ3) is 3.49. The minimum absolute atomic E-state index is 0.0379. The van der Waals surface area contributed by atoms with Crippen LogP contribution in [0.5, 0.6) is 0 Å². The summed E-state index contributed by atoms with van der Waals surface area (Å²) in [5, 5.41) is 6.40. The topological polar surface area (TPSA) is 41.1 Å². The standard InChI is InChI=1S/C12H24N2O/c1-4-6-10(5-2)14-12(15)11-9(3)7-8-13-11/h9-11,13H,4-8H2,1-3H3,(H,14,15). The Morgan fingerprint density at radius 3 is 2.73 bits per heavy atom. The highest BCUT2D eigenvalue weighted by molar-refractivity contribution is 5.82. The minimum Gasteiger partial charge on any atom is -0.352 e. The number of rotatable bonds is 5. The van der Waals surface area contributed by atoms with Crippen molar-refractivity contribution in [2.75, 3.05) is 6.54 Å². The molecule has 88 valence electrons. The second-order valence-electron chi connectivity index (χ2n) is 4.60. The van der Waals surface area contributed by atoms with Crippen molar-refractivity contribution in [3.05, 3.63) is 0 Å². The maximum absolute atomic E-state index is 11.9. The van der Waals surface area contributed by atoms with Crippen molar-refractivity contribution in [1.82, 2.24) is 10.6 Å². The van der Waals surface area contributed by atoms with Gasteiger partial charge in [0.25, 0.3) is 0 Å². The number of amides is 1. The largest absolute Gasteiger partial charge is 0.352 e. The highest BCUT2D eigenvalue weighted by atomic mass is 16.2. The van der Waals surface area contributed by atoms with Crippen molar-refractivity contribution < 1.29 is 4.79 Å². The summed E-state index contributed by atoms with van der Waals surface area (Å²) in [5.41, 5.74) is 0. The van der Waals surface area contributed by atoms with E-state index in [2.05, 4.69) is 31.4 Å². The number of hydrogen-bond acceptors (Lipinski definition) is 2. The first kappa shape index (κ1) is 12.5. The minimum atomic E-state index is 0.0379. The fourth-order valence-corrected chi connectivity index (χ4v) is 2.20. The lowest BCUT2D eigenvalue weighted by molar-refractivity contribution is -0.124. The average Bonchev–Trinajstić information content (AvgIpc) is 2.63. The molecule has 0 aromatic carbocycles. The zero-order chi connectivity index (χ0) is 11.3. The molecule has 3 heteroatoms. The third-order valence-electron chi connectivity index (χ3n) is 3.29. The van der Waals surface area contributed by atoms with Crippen LogP contribution >= 0.6 is 0 Å². The van der Waals surface area contributed by atoms with E-state index in [0.717, 1.165) is 32.2 Å². The molecule has 1 aliphatic heterocycles. The zero-order valence-corrected chi connectivity index (χ0v) is 10.2. The molecule has 0 aromatic heterocycles. The molecule has 0 spiro atoms. The molecule has 0 radical (unpaired) electrons. The van der Waals surface area contributed by atoms with Crippen LogP contribution in [0.4, 0.5) is 0 Å². The Bertz CT molecular complexity index is 206. The van der Waals surface area contributed by atoms with Crippen LogP contribution in [-0.4, -0.2) is 24.5 Å². The van der Waals surface area contributed by atoms with E-state index in [4.69, 9.17) is 0 Å². The van der Waals surface area contributed by atoms with E-state index in [1.54, 1.807) is 0 Å². The van der Waals surface area contributed by atoms with Gasteiger partial charge in [-0.05, 0) is 31.7 Å². The molecule has 0 saturated carbocycles. The Morgan fingerprint density at radius 2 is 2.27 bits per heavy atom. The third-order valence-corrected chi connectivity index (χ3v) is 3.29. The quantitative estimate of drug-likeness (QED) is 0.728. The molecule has 1 saturated heterocycles. The molecule has 1 rings (SSSR count). The van der Waals surface area contributed by atoms with E-state index in [9.17, 15) is 4.79 Å². The number of carbonyl (C=O) groups excluding carboxylic acids is 1. The summed E-state index contributed by atoms with van der Waals surface area (Å²) in [6.45, 7) is 7.41. The maximum Gasteiger partial charge on any atom is 0.237 e. The number of carbonyl (C=O) groups is 1. The predicted octanol–water partition coefficient (Wildman–Crippen LogP) is 1.68. The average molecular weight is 212 g/mol. The molecule has 3 atom stereocenters. The van der Waals surface area contributed by atoms with Gasteiger partial charge in [0.15, 0.2) is 0 Å². The zero-order valence-electron chi connectivity index (χ0n) is 10.2. The molecule has 3 nitrogen and oxygen atoms in total. The first-order valence-electron chi connectivity index (χ1n) is 6.22. The van der Waals surface area contributed by atoms with Crippen molar-refractivity contribution in [3.63, 3.8) is 0 Å². The van der Waals surface area contributed by atoms with Crippen LogP contribution in [0.25, 0.3) is 0 Å². The first-order chi connectivity index (χ1) is 7.19. The van der Waals surface area contributed by atoms with E-state index in [1.807, 2.05) is 0 Å². The van der Waals surface area contributed by atoms with E-state index >= 15 is 0 Å². The summed E-state index contributed by atoms with van der Waals surface area (Å²) in [5.74, 6) is 0.671. The fourth-order valence-electron chi connectivity index (χ4n) is 2.20. The first-order valence-corrected chi connectivity index (χ1v) is 6.22. The molecule has 1 fully saturated rings. The highest BCUT2D eigenvalue weighted by Crippen LogP contribution is 2.15.